The smallest absolute Gasteiger partial charge is 0.225 e. The van der Waals surface area contributed by atoms with Crippen molar-refractivity contribution in [1.29, 1.82) is 0 Å². The minimum atomic E-state index is 0.0611. The van der Waals surface area contributed by atoms with Gasteiger partial charge in [0.2, 0.25) is 5.91 Å². The van der Waals surface area contributed by atoms with E-state index in [2.05, 4.69) is 13.8 Å². The first-order valence-electron chi connectivity index (χ1n) is 7.11. The molecule has 0 aliphatic heterocycles. The zero-order valence-corrected chi connectivity index (χ0v) is 12.4. The van der Waals surface area contributed by atoms with Gasteiger partial charge >= 0.3 is 0 Å². The molecule has 1 unspecified atom stereocenters. The molecule has 0 spiro atoms. The maximum atomic E-state index is 12.4. The molecule has 1 amide bonds. The molecule has 2 N–H and O–H groups in total. The van der Waals surface area contributed by atoms with E-state index < -0.39 is 0 Å². The van der Waals surface area contributed by atoms with E-state index in [1.54, 1.807) is 7.11 Å². The van der Waals surface area contributed by atoms with Crippen LogP contribution in [0.1, 0.15) is 46.5 Å². The van der Waals surface area contributed by atoms with Crippen LogP contribution < -0.4 is 5.73 Å². The number of ether oxygens (including phenoxy) is 1. The second kappa shape index (κ2) is 10.3. The SMILES string of the molecule is CCC(CC)N(CCOC)C(=O)C(C)CCCN. The molecule has 0 aromatic heterocycles. The van der Waals surface area contributed by atoms with Gasteiger partial charge in [-0.2, -0.15) is 0 Å². The Balaban J connectivity index is 4.55. The largest absolute Gasteiger partial charge is 0.383 e. The zero-order chi connectivity index (χ0) is 14.0. The van der Waals surface area contributed by atoms with Crippen molar-refractivity contribution in [3.63, 3.8) is 0 Å². The highest BCUT2D eigenvalue weighted by atomic mass is 16.5. The third-order valence-corrected chi connectivity index (χ3v) is 3.47. The maximum Gasteiger partial charge on any atom is 0.225 e. The predicted octanol–water partition coefficient (Wildman–Crippen LogP) is 2.02. The van der Waals surface area contributed by atoms with Crippen molar-refractivity contribution in [2.45, 2.75) is 52.5 Å². The number of rotatable bonds is 10. The molecule has 1 atom stereocenters. The fourth-order valence-electron chi connectivity index (χ4n) is 2.22. The first kappa shape index (κ1) is 17.4. The van der Waals surface area contributed by atoms with Gasteiger partial charge in [-0.05, 0) is 32.2 Å². The average Bonchev–Trinajstić information content (AvgIpc) is 2.40. The predicted molar refractivity (Wildman–Crippen MR) is 75.4 cm³/mol. The number of methoxy groups -OCH3 is 1. The topological polar surface area (TPSA) is 55.6 Å². The molecule has 0 heterocycles. The van der Waals surface area contributed by atoms with Crippen LogP contribution >= 0.6 is 0 Å². The lowest BCUT2D eigenvalue weighted by Crippen LogP contribution is -2.44. The molecule has 18 heavy (non-hydrogen) atoms. The van der Waals surface area contributed by atoms with E-state index in [1.165, 1.54) is 0 Å². The van der Waals surface area contributed by atoms with Crippen molar-refractivity contribution in [3.8, 4) is 0 Å². The molecule has 0 radical (unpaired) electrons. The zero-order valence-electron chi connectivity index (χ0n) is 12.4. The Hall–Kier alpha value is -0.610. The van der Waals surface area contributed by atoms with Gasteiger partial charge in [0.25, 0.3) is 0 Å². The molecule has 0 aromatic carbocycles. The summed E-state index contributed by atoms with van der Waals surface area (Å²) in [5, 5.41) is 0. The van der Waals surface area contributed by atoms with Gasteiger partial charge in [0.1, 0.15) is 0 Å². The summed E-state index contributed by atoms with van der Waals surface area (Å²) in [7, 11) is 1.67. The fraction of sp³-hybridized carbons (Fsp3) is 0.929. The Labute approximate surface area is 112 Å². The Morgan fingerprint density at radius 2 is 1.94 bits per heavy atom. The second-order valence-corrected chi connectivity index (χ2v) is 4.83. The first-order chi connectivity index (χ1) is 8.62. The highest BCUT2D eigenvalue weighted by Crippen LogP contribution is 2.15. The highest BCUT2D eigenvalue weighted by molar-refractivity contribution is 5.78. The molecule has 0 fully saturated rings. The van der Waals surface area contributed by atoms with Crippen LogP contribution in [0.15, 0.2) is 0 Å². The van der Waals surface area contributed by atoms with Crippen molar-refractivity contribution in [3.05, 3.63) is 0 Å². The Bertz CT molecular complexity index is 218. The number of carbonyl (C=O) groups excluding carboxylic acids is 1. The quantitative estimate of drug-likeness (QED) is 0.652. The molecule has 0 bridgehead atoms. The van der Waals surface area contributed by atoms with Gasteiger partial charge in [-0.1, -0.05) is 20.8 Å². The van der Waals surface area contributed by atoms with Crippen molar-refractivity contribution in [2.24, 2.45) is 11.7 Å². The van der Waals surface area contributed by atoms with E-state index in [0.717, 1.165) is 25.7 Å². The van der Waals surface area contributed by atoms with E-state index >= 15 is 0 Å². The van der Waals surface area contributed by atoms with Crippen LogP contribution in [0.25, 0.3) is 0 Å². The lowest BCUT2D eigenvalue weighted by Gasteiger charge is -2.32. The summed E-state index contributed by atoms with van der Waals surface area (Å²) in [5.41, 5.74) is 5.50. The molecule has 108 valence electrons. The summed E-state index contributed by atoms with van der Waals surface area (Å²) in [6.45, 7) is 8.21. The molecule has 0 rings (SSSR count). The van der Waals surface area contributed by atoms with Gasteiger partial charge in [0.15, 0.2) is 0 Å². The molecule has 0 aliphatic rings. The van der Waals surface area contributed by atoms with Crippen molar-refractivity contribution < 1.29 is 9.53 Å². The molecule has 4 heteroatoms. The number of hydrogen-bond donors (Lipinski definition) is 1. The van der Waals surface area contributed by atoms with Crippen LogP contribution in [-0.2, 0) is 9.53 Å². The van der Waals surface area contributed by atoms with Crippen LogP contribution in [0.5, 0.6) is 0 Å². The average molecular weight is 258 g/mol. The van der Waals surface area contributed by atoms with E-state index in [9.17, 15) is 4.79 Å². The van der Waals surface area contributed by atoms with E-state index in [0.29, 0.717) is 25.7 Å². The van der Waals surface area contributed by atoms with Crippen LogP contribution in [-0.4, -0.2) is 43.7 Å². The van der Waals surface area contributed by atoms with Crippen LogP contribution in [0.3, 0.4) is 0 Å². The highest BCUT2D eigenvalue weighted by Gasteiger charge is 2.24. The normalized spacial score (nSPS) is 12.8. The molecule has 4 nitrogen and oxygen atoms in total. The monoisotopic (exact) mass is 258 g/mol. The van der Waals surface area contributed by atoms with Crippen molar-refractivity contribution in [1.82, 2.24) is 4.90 Å². The summed E-state index contributed by atoms with van der Waals surface area (Å²) in [4.78, 5) is 14.4. The number of nitrogens with two attached hydrogens (primary N) is 1. The second-order valence-electron chi connectivity index (χ2n) is 4.83. The number of nitrogens with zero attached hydrogens (tertiary/aromatic N) is 1. The van der Waals surface area contributed by atoms with Crippen LogP contribution in [0.4, 0.5) is 0 Å². The third kappa shape index (κ3) is 5.83. The molecular weight excluding hydrogens is 228 g/mol. The minimum Gasteiger partial charge on any atom is -0.383 e. The maximum absolute atomic E-state index is 12.4. The van der Waals surface area contributed by atoms with Gasteiger partial charge in [-0.15, -0.1) is 0 Å². The van der Waals surface area contributed by atoms with Crippen LogP contribution in [0.2, 0.25) is 0 Å². The van der Waals surface area contributed by atoms with Crippen molar-refractivity contribution >= 4 is 5.91 Å². The first-order valence-corrected chi connectivity index (χ1v) is 7.11. The number of carbonyl (C=O) groups is 1. The summed E-state index contributed by atoms with van der Waals surface area (Å²) < 4.78 is 5.11. The standard InChI is InChI=1S/C14H30N2O2/c1-5-13(6-2)16(10-11-18-4)14(17)12(3)8-7-9-15/h12-13H,5-11,15H2,1-4H3. The number of hydrogen-bond acceptors (Lipinski definition) is 3. The van der Waals surface area contributed by atoms with Gasteiger partial charge in [0, 0.05) is 25.6 Å². The summed E-state index contributed by atoms with van der Waals surface area (Å²) in [6.07, 6.45) is 3.78. The molecule has 0 aliphatic carbocycles. The van der Waals surface area contributed by atoms with Gasteiger partial charge < -0.3 is 15.4 Å². The molecule has 0 saturated heterocycles. The lowest BCUT2D eigenvalue weighted by molar-refractivity contribution is -0.138. The minimum absolute atomic E-state index is 0.0611. The summed E-state index contributed by atoms with van der Waals surface area (Å²) in [5.74, 6) is 0.306. The van der Waals surface area contributed by atoms with E-state index in [1.807, 2.05) is 11.8 Å². The Morgan fingerprint density at radius 1 is 1.33 bits per heavy atom. The number of amides is 1. The molecule has 0 aromatic rings. The van der Waals surface area contributed by atoms with Crippen molar-refractivity contribution in [2.75, 3.05) is 26.8 Å². The van der Waals surface area contributed by atoms with Gasteiger partial charge in [0.05, 0.1) is 6.61 Å². The van der Waals surface area contributed by atoms with Gasteiger partial charge in [-0.3, -0.25) is 4.79 Å². The van der Waals surface area contributed by atoms with E-state index in [-0.39, 0.29) is 11.8 Å². The molecular formula is C14H30N2O2. The van der Waals surface area contributed by atoms with E-state index in [4.69, 9.17) is 10.5 Å². The van der Waals surface area contributed by atoms with Crippen LogP contribution in [0, 0.1) is 5.92 Å². The Kier molecular flexibility index (Phi) is 9.98. The van der Waals surface area contributed by atoms with Gasteiger partial charge in [-0.25, -0.2) is 0 Å². The fourth-order valence-corrected chi connectivity index (χ4v) is 2.22. The lowest BCUT2D eigenvalue weighted by atomic mass is 10.0. The Morgan fingerprint density at radius 3 is 2.39 bits per heavy atom. The third-order valence-electron chi connectivity index (χ3n) is 3.47. The summed E-state index contributed by atoms with van der Waals surface area (Å²) >= 11 is 0. The molecule has 0 saturated carbocycles. The summed E-state index contributed by atoms with van der Waals surface area (Å²) in [6, 6.07) is 0.327.